The summed E-state index contributed by atoms with van der Waals surface area (Å²) in [7, 11) is 0. The van der Waals surface area contributed by atoms with Gasteiger partial charge in [-0.15, -0.1) is 0 Å². The van der Waals surface area contributed by atoms with Crippen molar-refractivity contribution >= 4 is 16.9 Å². The summed E-state index contributed by atoms with van der Waals surface area (Å²) in [4.78, 5) is 25.5. The molecule has 1 heterocycles. The van der Waals surface area contributed by atoms with Crippen LogP contribution in [0.5, 0.6) is 5.75 Å². The summed E-state index contributed by atoms with van der Waals surface area (Å²) in [6.07, 6.45) is -8.64. The lowest BCUT2D eigenvalue weighted by molar-refractivity contribution is -0.217. The maximum Gasteiger partial charge on any atom is 0.417 e. The molecule has 2 aromatic carbocycles. The smallest absolute Gasteiger partial charge is 0.417 e. The lowest BCUT2D eigenvalue weighted by atomic mass is 9.95. The zero-order valence-electron chi connectivity index (χ0n) is 24.6. The van der Waals surface area contributed by atoms with Gasteiger partial charge in [0.1, 0.15) is 29.5 Å². The third-order valence-corrected chi connectivity index (χ3v) is 9.04. The van der Waals surface area contributed by atoms with Crippen molar-refractivity contribution in [1.29, 1.82) is 0 Å². The van der Waals surface area contributed by atoms with Crippen molar-refractivity contribution in [2.45, 2.75) is 90.3 Å². The lowest BCUT2D eigenvalue weighted by Gasteiger charge is -2.28. The molecule has 2 fully saturated rings. The molecule has 11 heteroatoms. The Kier molecular flexibility index (Phi) is 8.54. The number of aryl methyl sites for hydroxylation is 1. The first-order valence-corrected chi connectivity index (χ1v) is 14.8. The zero-order chi connectivity index (χ0) is 32.0. The van der Waals surface area contributed by atoms with Crippen molar-refractivity contribution in [3.63, 3.8) is 0 Å². The standard InChI is InChI=1S/C33H34F6O5/c1-4-5-6-7-19-8-11-22(24(14-19)32(34,35)36)23-15-20-9-10-21(16-27(20)43-29(23)40)42-25-12-13-26(28(25)33(37,38)39)44-30(41)31(3)17-18(31)2/h8-11,14-16,18,25-26,28H,4-7,12-13,17H2,1-3H3. The Labute approximate surface area is 250 Å². The van der Waals surface area contributed by atoms with Crippen LogP contribution in [0.2, 0.25) is 0 Å². The Morgan fingerprint density at radius 3 is 2.32 bits per heavy atom. The van der Waals surface area contributed by atoms with Crippen LogP contribution in [-0.2, 0) is 22.1 Å². The van der Waals surface area contributed by atoms with Crippen LogP contribution in [0.3, 0.4) is 0 Å². The summed E-state index contributed by atoms with van der Waals surface area (Å²) in [6, 6.07) is 9.18. The number of hydrogen-bond donors (Lipinski definition) is 0. The van der Waals surface area contributed by atoms with Gasteiger partial charge < -0.3 is 13.9 Å². The van der Waals surface area contributed by atoms with Crippen LogP contribution >= 0.6 is 0 Å². The normalized spacial score (nSPS) is 25.3. The van der Waals surface area contributed by atoms with Crippen molar-refractivity contribution in [3.05, 3.63) is 64.0 Å². The second-order valence-electron chi connectivity index (χ2n) is 12.2. The fraction of sp³-hybridized carbons (Fsp3) is 0.515. The summed E-state index contributed by atoms with van der Waals surface area (Å²) in [5.41, 5.74) is -2.89. The van der Waals surface area contributed by atoms with Gasteiger partial charge in [0, 0.05) is 17.0 Å². The van der Waals surface area contributed by atoms with E-state index >= 15 is 0 Å². The van der Waals surface area contributed by atoms with Gasteiger partial charge in [-0.25, -0.2) is 4.79 Å². The van der Waals surface area contributed by atoms with E-state index in [0.717, 1.165) is 25.3 Å². The van der Waals surface area contributed by atoms with E-state index in [0.29, 0.717) is 18.4 Å². The van der Waals surface area contributed by atoms with Gasteiger partial charge in [0.25, 0.3) is 0 Å². The van der Waals surface area contributed by atoms with Crippen LogP contribution in [0.1, 0.15) is 70.4 Å². The Bertz CT molecular complexity index is 1590. The van der Waals surface area contributed by atoms with Crippen LogP contribution in [-0.4, -0.2) is 24.4 Å². The molecule has 0 radical (unpaired) electrons. The van der Waals surface area contributed by atoms with Gasteiger partial charge in [-0.2, -0.15) is 26.3 Å². The number of fused-ring (bicyclic) bond motifs is 1. The van der Waals surface area contributed by atoms with Crippen molar-refractivity contribution < 1.29 is 45.0 Å². The lowest BCUT2D eigenvalue weighted by Crippen LogP contribution is -2.42. The summed E-state index contributed by atoms with van der Waals surface area (Å²) in [6.45, 7) is 5.51. The van der Waals surface area contributed by atoms with Gasteiger partial charge in [-0.1, -0.05) is 38.8 Å². The quantitative estimate of drug-likeness (QED) is 0.103. The molecule has 238 valence electrons. The predicted octanol–water partition coefficient (Wildman–Crippen LogP) is 8.89. The van der Waals surface area contributed by atoms with Crippen molar-refractivity contribution in [1.82, 2.24) is 0 Å². The molecule has 0 bridgehead atoms. The Balaban J connectivity index is 1.39. The summed E-state index contributed by atoms with van der Waals surface area (Å²) in [5.74, 6) is -2.68. The number of benzene rings is 2. The van der Waals surface area contributed by atoms with Gasteiger partial charge in [0.2, 0.25) is 0 Å². The summed E-state index contributed by atoms with van der Waals surface area (Å²) >= 11 is 0. The number of unbranched alkanes of at least 4 members (excludes halogenated alkanes) is 2. The summed E-state index contributed by atoms with van der Waals surface area (Å²) in [5, 5.41) is 0.268. The molecule has 3 aromatic rings. The minimum atomic E-state index is -4.72. The fourth-order valence-corrected chi connectivity index (χ4v) is 6.07. The first-order chi connectivity index (χ1) is 20.6. The van der Waals surface area contributed by atoms with Gasteiger partial charge in [-0.3, -0.25) is 4.79 Å². The molecular weight excluding hydrogens is 590 g/mol. The highest BCUT2D eigenvalue weighted by Crippen LogP contribution is 2.54. The number of alkyl halides is 6. The molecular formula is C33H34F6O5. The second kappa shape index (κ2) is 11.8. The predicted molar refractivity (Wildman–Crippen MR) is 151 cm³/mol. The van der Waals surface area contributed by atoms with Gasteiger partial charge in [0.15, 0.2) is 0 Å². The summed E-state index contributed by atoms with van der Waals surface area (Å²) < 4.78 is 101. The number of hydrogen-bond acceptors (Lipinski definition) is 5. The van der Waals surface area contributed by atoms with E-state index < -0.39 is 53.1 Å². The SMILES string of the molecule is CCCCCc1ccc(-c2cc3ccc(OC4CCC(OC(=O)C5(C)CC5C)C4C(F)(F)F)cc3oc2=O)c(C(F)(F)F)c1. The molecule has 0 aliphatic heterocycles. The largest absolute Gasteiger partial charge is 0.489 e. The first kappa shape index (κ1) is 31.9. The highest BCUT2D eigenvalue weighted by Gasteiger charge is 2.59. The van der Waals surface area contributed by atoms with Crippen molar-refractivity contribution in [2.24, 2.45) is 17.3 Å². The van der Waals surface area contributed by atoms with Gasteiger partial charge in [-0.05, 0) is 74.8 Å². The molecule has 0 spiro atoms. The maximum absolute atomic E-state index is 14.1. The van der Waals surface area contributed by atoms with Crippen molar-refractivity contribution in [2.75, 3.05) is 0 Å². The number of ether oxygens (including phenoxy) is 2. The monoisotopic (exact) mass is 624 g/mol. The van der Waals surface area contributed by atoms with E-state index in [1.54, 1.807) is 13.0 Å². The number of rotatable bonds is 9. The molecule has 5 rings (SSSR count). The maximum atomic E-state index is 14.1. The van der Waals surface area contributed by atoms with E-state index in [9.17, 15) is 35.9 Å². The van der Waals surface area contributed by atoms with E-state index in [-0.39, 0.29) is 46.6 Å². The Morgan fingerprint density at radius 2 is 1.68 bits per heavy atom. The zero-order valence-corrected chi connectivity index (χ0v) is 24.6. The van der Waals surface area contributed by atoms with E-state index in [1.807, 2.05) is 13.8 Å². The third kappa shape index (κ3) is 6.47. The first-order valence-electron chi connectivity index (χ1n) is 14.8. The van der Waals surface area contributed by atoms with Crippen LogP contribution in [0.4, 0.5) is 26.3 Å². The molecule has 1 aromatic heterocycles. The molecule has 5 atom stereocenters. The second-order valence-corrected chi connectivity index (χ2v) is 12.2. The van der Waals surface area contributed by atoms with E-state index in [1.165, 1.54) is 30.3 Å². The Hall–Kier alpha value is -3.50. The highest BCUT2D eigenvalue weighted by atomic mass is 19.4. The number of carbonyl (C=O) groups is 1. The molecule has 2 saturated carbocycles. The number of halogens is 6. The number of carbonyl (C=O) groups excluding carboxylic acids is 1. The minimum Gasteiger partial charge on any atom is -0.489 e. The third-order valence-electron chi connectivity index (χ3n) is 9.04. The topological polar surface area (TPSA) is 65.7 Å². The molecule has 5 nitrogen and oxygen atoms in total. The molecule has 5 unspecified atom stereocenters. The highest BCUT2D eigenvalue weighted by molar-refractivity contribution is 5.83. The average molecular weight is 625 g/mol. The molecule has 0 N–H and O–H groups in total. The van der Waals surface area contributed by atoms with Crippen molar-refractivity contribution in [3.8, 4) is 16.9 Å². The molecule has 0 amide bonds. The van der Waals surface area contributed by atoms with Crippen LogP contribution < -0.4 is 10.4 Å². The molecule has 0 saturated heterocycles. The Morgan fingerprint density at radius 1 is 0.977 bits per heavy atom. The van der Waals surface area contributed by atoms with Gasteiger partial charge in [0.05, 0.1) is 16.5 Å². The molecule has 2 aliphatic carbocycles. The fourth-order valence-electron chi connectivity index (χ4n) is 6.07. The number of esters is 1. The van der Waals surface area contributed by atoms with Gasteiger partial charge >= 0.3 is 23.9 Å². The van der Waals surface area contributed by atoms with Crippen LogP contribution in [0.25, 0.3) is 22.1 Å². The van der Waals surface area contributed by atoms with Crippen LogP contribution in [0, 0.1) is 17.3 Å². The van der Waals surface area contributed by atoms with Crippen LogP contribution in [0.15, 0.2) is 51.7 Å². The average Bonchev–Trinajstić information content (AvgIpc) is 3.36. The van der Waals surface area contributed by atoms with E-state index in [2.05, 4.69) is 0 Å². The van der Waals surface area contributed by atoms with E-state index in [4.69, 9.17) is 13.9 Å². The molecule has 44 heavy (non-hydrogen) atoms. The molecule has 2 aliphatic rings. The minimum absolute atomic E-state index is 0.0187.